The summed E-state index contributed by atoms with van der Waals surface area (Å²) in [5, 5.41) is 12.3. The number of pyridine rings is 1. The van der Waals surface area contributed by atoms with Crippen molar-refractivity contribution in [2.45, 2.75) is 19.4 Å². The van der Waals surface area contributed by atoms with Gasteiger partial charge in [0.25, 0.3) is 5.91 Å². The fourth-order valence-corrected chi connectivity index (χ4v) is 5.01. The first-order chi connectivity index (χ1) is 19.5. The van der Waals surface area contributed by atoms with Gasteiger partial charge in [0.15, 0.2) is 0 Å². The van der Waals surface area contributed by atoms with Crippen LogP contribution in [0.3, 0.4) is 0 Å². The van der Waals surface area contributed by atoms with E-state index in [1.807, 2.05) is 72.0 Å². The van der Waals surface area contributed by atoms with Gasteiger partial charge in [0.2, 0.25) is 0 Å². The van der Waals surface area contributed by atoms with Gasteiger partial charge in [0, 0.05) is 30.0 Å². The molecule has 40 heavy (non-hydrogen) atoms. The maximum Gasteiger partial charge on any atom is 0.335 e. The van der Waals surface area contributed by atoms with E-state index in [2.05, 4.69) is 27.4 Å². The molecule has 0 saturated heterocycles. The molecule has 3 aromatic carbocycles. The van der Waals surface area contributed by atoms with E-state index < -0.39 is 5.97 Å². The van der Waals surface area contributed by atoms with Crippen LogP contribution in [0.15, 0.2) is 109 Å². The van der Waals surface area contributed by atoms with Crippen molar-refractivity contribution >= 4 is 28.4 Å². The van der Waals surface area contributed by atoms with E-state index >= 15 is 0 Å². The summed E-state index contributed by atoms with van der Waals surface area (Å²) in [4.78, 5) is 33.9. The van der Waals surface area contributed by atoms with Crippen molar-refractivity contribution in [3.8, 4) is 11.1 Å². The number of nitrogens with zero attached hydrogens (tertiary/aromatic N) is 3. The number of amides is 1. The highest BCUT2D eigenvalue weighted by atomic mass is 16.4. The van der Waals surface area contributed by atoms with E-state index in [0.29, 0.717) is 12.1 Å². The highest BCUT2D eigenvalue weighted by Gasteiger charge is 2.19. The fraction of sp³-hybridized carbons (Fsp3) is 0.0909. The second kappa shape index (κ2) is 10.5. The lowest BCUT2D eigenvalue weighted by molar-refractivity contribution is 0.0696. The van der Waals surface area contributed by atoms with Crippen molar-refractivity contribution < 1.29 is 14.7 Å². The zero-order valence-corrected chi connectivity index (χ0v) is 21.8. The summed E-state index contributed by atoms with van der Waals surface area (Å²) >= 11 is 0. The van der Waals surface area contributed by atoms with Gasteiger partial charge in [-0.25, -0.2) is 4.79 Å². The van der Waals surface area contributed by atoms with Gasteiger partial charge in [0.1, 0.15) is 5.69 Å². The van der Waals surface area contributed by atoms with Gasteiger partial charge in [-0.3, -0.25) is 14.8 Å². The lowest BCUT2D eigenvalue weighted by atomic mass is 10.0. The van der Waals surface area contributed by atoms with Crippen LogP contribution in [0, 0.1) is 0 Å². The third-order valence-electron chi connectivity index (χ3n) is 7.09. The second-order valence-corrected chi connectivity index (χ2v) is 9.76. The standard InChI is InChI=1S/C33H26N4O3/c1-21(23-8-10-25(11-9-23)33(39)40)36-32(38)31-20-26(24-5-3-2-4-6-24)19-28-13-12-27(37(28)31)17-22-7-14-29-30(18-22)35-16-15-34-29/h2-16,18-21H,17H2,1H3,(H,36,38)(H,39,40)/t21-/m0/s1. The normalized spacial score (nSPS) is 11.9. The summed E-state index contributed by atoms with van der Waals surface area (Å²) in [6.07, 6.45) is 3.97. The predicted octanol–water partition coefficient (Wildman–Crippen LogP) is 6.33. The number of carboxylic acids is 1. The first kappa shape index (κ1) is 25.0. The number of hydrogen-bond donors (Lipinski definition) is 2. The predicted molar refractivity (Wildman–Crippen MR) is 154 cm³/mol. The van der Waals surface area contributed by atoms with E-state index in [4.69, 9.17) is 0 Å². The summed E-state index contributed by atoms with van der Waals surface area (Å²) in [6.45, 7) is 1.89. The molecule has 3 aromatic heterocycles. The van der Waals surface area contributed by atoms with Crippen LogP contribution in [-0.2, 0) is 6.42 Å². The van der Waals surface area contributed by atoms with Gasteiger partial charge in [-0.2, -0.15) is 0 Å². The molecule has 7 nitrogen and oxygen atoms in total. The smallest absolute Gasteiger partial charge is 0.335 e. The van der Waals surface area contributed by atoms with Crippen LogP contribution < -0.4 is 5.32 Å². The van der Waals surface area contributed by atoms with Gasteiger partial charge in [-0.05, 0) is 77.7 Å². The number of carbonyl (C=O) groups is 2. The van der Waals surface area contributed by atoms with Gasteiger partial charge in [-0.1, -0.05) is 48.5 Å². The van der Waals surface area contributed by atoms with E-state index in [-0.39, 0.29) is 17.5 Å². The Balaban J connectivity index is 1.39. The van der Waals surface area contributed by atoms with Gasteiger partial charge >= 0.3 is 5.97 Å². The maximum atomic E-state index is 13.8. The number of nitrogens with one attached hydrogen (secondary N) is 1. The SMILES string of the molecule is C[C@H](NC(=O)c1cc(-c2ccccc2)cc2ccc(Cc3ccc4nccnc4c3)n12)c1ccc(C(=O)O)cc1. The van der Waals surface area contributed by atoms with Crippen LogP contribution >= 0.6 is 0 Å². The first-order valence-electron chi connectivity index (χ1n) is 13.0. The van der Waals surface area contributed by atoms with Crippen LogP contribution in [0.1, 0.15) is 50.6 Å². The van der Waals surface area contributed by atoms with Crippen LogP contribution in [0.5, 0.6) is 0 Å². The number of hydrogen-bond acceptors (Lipinski definition) is 4. The summed E-state index contributed by atoms with van der Waals surface area (Å²) in [6, 6.07) is 30.3. The zero-order valence-electron chi connectivity index (χ0n) is 21.8. The number of carbonyl (C=O) groups excluding carboxylic acids is 1. The average Bonchev–Trinajstić information content (AvgIpc) is 3.39. The fourth-order valence-electron chi connectivity index (χ4n) is 5.01. The highest BCUT2D eigenvalue weighted by Crippen LogP contribution is 2.27. The minimum absolute atomic E-state index is 0.205. The van der Waals surface area contributed by atoms with Crippen molar-refractivity contribution in [1.82, 2.24) is 19.7 Å². The summed E-state index contributed by atoms with van der Waals surface area (Å²) in [7, 11) is 0. The van der Waals surface area contributed by atoms with E-state index in [1.54, 1.807) is 36.7 Å². The molecule has 2 N–H and O–H groups in total. The number of benzene rings is 3. The van der Waals surface area contributed by atoms with Crippen LogP contribution in [0.4, 0.5) is 0 Å². The van der Waals surface area contributed by atoms with E-state index in [0.717, 1.165) is 44.5 Å². The lowest BCUT2D eigenvalue weighted by Crippen LogP contribution is -2.28. The van der Waals surface area contributed by atoms with Crippen LogP contribution in [-0.4, -0.2) is 31.4 Å². The Labute approximate surface area is 230 Å². The third kappa shape index (κ3) is 4.92. The van der Waals surface area contributed by atoms with Crippen molar-refractivity contribution in [3.63, 3.8) is 0 Å². The molecular formula is C33H26N4O3. The number of fused-ring (bicyclic) bond motifs is 2. The Bertz CT molecular complexity index is 1860. The minimum Gasteiger partial charge on any atom is -0.478 e. The second-order valence-electron chi connectivity index (χ2n) is 9.76. The average molecular weight is 527 g/mol. The van der Waals surface area contributed by atoms with Crippen molar-refractivity contribution in [2.24, 2.45) is 0 Å². The Kier molecular flexibility index (Phi) is 6.54. The van der Waals surface area contributed by atoms with Crippen LogP contribution in [0.2, 0.25) is 0 Å². The van der Waals surface area contributed by atoms with Gasteiger partial charge in [-0.15, -0.1) is 0 Å². The Morgan fingerprint density at radius 3 is 2.33 bits per heavy atom. The zero-order chi connectivity index (χ0) is 27.6. The lowest BCUT2D eigenvalue weighted by Gasteiger charge is -2.18. The highest BCUT2D eigenvalue weighted by molar-refractivity contribution is 5.95. The summed E-state index contributed by atoms with van der Waals surface area (Å²) in [5.74, 6) is -1.21. The number of aromatic nitrogens is 3. The first-order valence-corrected chi connectivity index (χ1v) is 13.0. The van der Waals surface area contributed by atoms with Crippen LogP contribution in [0.25, 0.3) is 27.7 Å². The molecule has 0 fully saturated rings. The Morgan fingerprint density at radius 1 is 0.825 bits per heavy atom. The molecule has 0 radical (unpaired) electrons. The van der Waals surface area contributed by atoms with Crippen molar-refractivity contribution in [2.75, 3.05) is 0 Å². The molecule has 0 unspecified atom stereocenters. The molecule has 0 aliphatic heterocycles. The Morgan fingerprint density at radius 2 is 1.57 bits per heavy atom. The minimum atomic E-state index is -0.984. The molecule has 6 rings (SSSR count). The number of rotatable bonds is 7. The van der Waals surface area contributed by atoms with E-state index in [9.17, 15) is 14.7 Å². The number of aromatic carboxylic acids is 1. The molecule has 3 heterocycles. The van der Waals surface area contributed by atoms with Crippen molar-refractivity contribution in [1.29, 1.82) is 0 Å². The molecule has 0 aliphatic rings. The monoisotopic (exact) mass is 526 g/mol. The molecule has 1 amide bonds. The molecule has 7 heteroatoms. The molecule has 0 spiro atoms. The van der Waals surface area contributed by atoms with Gasteiger partial charge in [0.05, 0.1) is 22.6 Å². The summed E-state index contributed by atoms with van der Waals surface area (Å²) in [5.41, 5.74) is 8.13. The quantitative estimate of drug-likeness (QED) is 0.253. The van der Waals surface area contributed by atoms with Gasteiger partial charge < -0.3 is 14.8 Å². The molecule has 0 aliphatic carbocycles. The largest absolute Gasteiger partial charge is 0.478 e. The third-order valence-corrected chi connectivity index (χ3v) is 7.09. The topological polar surface area (TPSA) is 96.6 Å². The molecule has 0 saturated carbocycles. The Hall–Kier alpha value is -5.30. The number of carboxylic acid groups (broad SMARTS) is 1. The molecule has 0 bridgehead atoms. The molecular weight excluding hydrogens is 500 g/mol. The molecule has 6 aromatic rings. The molecule has 1 atom stereocenters. The molecule has 196 valence electrons. The van der Waals surface area contributed by atoms with E-state index in [1.165, 1.54) is 0 Å². The summed E-state index contributed by atoms with van der Waals surface area (Å²) < 4.78 is 2.00. The maximum absolute atomic E-state index is 13.8. The van der Waals surface area contributed by atoms with Crippen molar-refractivity contribution in [3.05, 3.63) is 138 Å².